The maximum absolute atomic E-state index is 13.5. The number of rotatable bonds is 8. The molecule has 4 rings (SSSR count). The summed E-state index contributed by atoms with van der Waals surface area (Å²) in [7, 11) is 1.62. The Kier molecular flexibility index (Phi) is 7.02. The van der Waals surface area contributed by atoms with Crippen LogP contribution in [-0.2, 0) is 9.59 Å². The molecule has 6 heteroatoms. The molecule has 0 spiro atoms. The van der Waals surface area contributed by atoms with E-state index in [0.717, 1.165) is 43.7 Å². The smallest absolute Gasteiger partial charge is 0.277 e. The Morgan fingerprint density at radius 3 is 2.21 bits per heavy atom. The van der Waals surface area contributed by atoms with Gasteiger partial charge in [-0.1, -0.05) is 44.0 Å². The van der Waals surface area contributed by atoms with Crippen LogP contribution < -0.4 is 9.64 Å². The number of ether oxygens (including phenoxy) is 1. The zero-order valence-corrected chi connectivity index (χ0v) is 19.8. The van der Waals surface area contributed by atoms with Crippen LogP contribution in [0.25, 0.3) is 5.57 Å². The molecule has 1 saturated heterocycles. The summed E-state index contributed by atoms with van der Waals surface area (Å²) in [6.45, 7) is 7.70. The summed E-state index contributed by atoms with van der Waals surface area (Å²) >= 11 is 0. The fourth-order valence-corrected chi connectivity index (χ4v) is 4.61. The quantitative estimate of drug-likeness (QED) is 0.451. The van der Waals surface area contributed by atoms with Crippen molar-refractivity contribution < 1.29 is 14.3 Å². The number of piperazine rings is 1. The molecule has 33 heavy (non-hydrogen) atoms. The summed E-state index contributed by atoms with van der Waals surface area (Å²) in [4.78, 5) is 32.8. The van der Waals surface area contributed by atoms with Gasteiger partial charge in [0.2, 0.25) is 0 Å². The van der Waals surface area contributed by atoms with Crippen molar-refractivity contribution >= 4 is 23.1 Å². The van der Waals surface area contributed by atoms with Crippen LogP contribution in [0.2, 0.25) is 0 Å². The second-order valence-corrected chi connectivity index (χ2v) is 8.73. The third kappa shape index (κ3) is 4.75. The predicted octanol–water partition coefficient (Wildman–Crippen LogP) is 4.10. The fraction of sp³-hybridized carbons (Fsp3) is 0.407. The first-order valence-electron chi connectivity index (χ1n) is 11.8. The Morgan fingerprint density at radius 1 is 0.879 bits per heavy atom. The van der Waals surface area contributed by atoms with Crippen molar-refractivity contribution in [1.29, 1.82) is 0 Å². The normalized spacial score (nSPS) is 16.8. The SMILES string of the molecule is CCCCCN1C(=O)C(c2ccc(OC)cc2)=C(N2CCN(c3cccc(C)c3)CC2)C1=O. The van der Waals surface area contributed by atoms with Crippen molar-refractivity contribution in [3.8, 4) is 5.75 Å². The van der Waals surface area contributed by atoms with Gasteiger partial charge in [0.1, 0.15) is 11.4 Å². The van der Waals surface area contributed by atoms with Crippen molar-refractivity contribution in [2.24, 2.45) is 0 Å². The third-order valence-corrected chi connectivity index (χ3v) is 6.47. The number of benzene rings is 2. The molecule has 0 N–H and O–H groups in total. The van der Waals surface area contributed by atoms with Crippen molar-refractivity contribution in [1.82, 2.24) is 9.80 Å². The molecule has 0 saturated carbocycles. The summed E-state index contributed by atoms with van der Waals surface area (Å²) in [5, 5.41) is 0. The fourth-order valence-electron chi connectivity index (χ4n) is 4.61. The van der Waals surface area contributed by atoms with Crippen LogP contribution in [0.1, 0.15) is 37.3 Å². The van der Waals surface area contributed by atoms with Crippen LogP contribution in [0.3, 0.4) is 0 Å². The van der Waals surface area contributed by atoms with Crippen molar-refractivity contribution in [2.75, 3.05) is 44.7 Å². The number of amides is 2. The van der Waals surface area contributed by atoms with Crippen LogP contribution in [0.4, 0.5) is 5.69 Å². The molecule has 2 aromatic carbocycles. The summed E-state index contributed by atoms with van der Waals surface area (Å²) in [6, 6.07) is 15.9. The summed E-state index contributed by atoms with van der Waals surface area (Å²) < 4.78 is 5.28. The lowest BCUT2D eigenvalue weighted by Crippen LogP contribution is -2.47. The molecule has 0 atom stereocenters. The van der Waals surface area contributed by atoms with E-state index in [4.69, 9.17) is 4.74 Å². The molecule has 2 aliphatic rings. The second-order valence-electron chi connectivity index (χ2n) is 8.73. The van der Waals surface area contributed by atoms with Crippen LogP contribution in [0.5, 0.6) is 5.75 Å². The minimum Gasteiger partial charge on any atom is -0.497 e. The number of carbonyl (C=O) groups excluding carboxylic acids is 2. The Labute approximate surface area is 196 Å². The lowest BCUT2D eigenvalue weighted by Gasteiger charge is -2.37. The topological polar surface area (TPSA) is 53.1 Å². The number of aryl methyl sites for hydroxylation is 1. The van der Waals surface area contributed by atoms with Gasteiger partial charge in [-0.25, -0.2) is 0 Å². The molecule has 0 aromatic heterocycles. The molecule has 0 bridgehead atoms. The largest absolute Gasteiger partial charge is 0.497 e. The van der Waals surface area contributed by atoms with Gasteiger partial charge in [0, 0.05) is 38.4 Å². The van der Waals surface area contributed by atoms with Crippen LogP contribution in [0.15, 0.2) is 54.2 Å². The summed E-state index contributed by atoms with van der Waals surface area (Å²) in [6.07, 6.45) is 2.88. The lowest BCUT2D eigenvalue weighted by atomic mass is 10.0. The molecule has 1 fully saturated rings. The Bertz CT molecular complexity index is 1040. The number of hydrogen-bond donors (Lipinski definition) is 0. The van der Waals surface area contributed by atoms with Crippen molar-refractivity contribution in [3.05, 3.63) is 65.4 Å². The average molecular weight is 448 g/mol. The first-order chi connectivity index (χ1) is 16.0. The number of unbranched alkanes of at least 4 members (excludes halogenated alkanes) is 2. The van der Waals surface area contributed by atoms with Crippen LogP contribution in [-0.4, -0.2) is 61.4 Å². The Hall–Kier alpha value is -3.28. The van der Waals surface area contributed by atoms with Gasteiger partial charge >= 0.3 is 0 Å². The number of methoxy groups -OCH3 is 1. The van der Waals surface area contributed by atoms with E-state index in [9.17, 15) is 9.59 Å². The van der Waals surface area contributed by atoms with Gasteiger partial charge in [-0.3, -0.25) is 14.5 Å². The number of carbonyl (C=O) groups is 2. The zero-order chi connectivity index (χ0) is 23.4. The lowest BCUT2D eigenvalue weighted by molar-refractivity contribution is -0.137. The highest BCUT2D eigenvalue weighted by Crippen LogP contribution is 2.33. The van der Waals surface area contributed by atoms with E-state index in [0.29, 0.717) is 30.9 Å². The van der Waals surface area contributed by atoms with Gasteiger partial charge in [0.25, 0.3) is 11.8 Å². The van der Waals surface area contributed by atoms with E-state index in [-0.39, 0.29) is 11.8 Å². The summed E-state index contributed by atoms with van der Waals surface area (Å²) in [5.74, 6) is 0.382. The number of nitrogens with zero attached hydrogens (tertiary/aromatic N) is 3. The maximum atomic E-state index is 13.5. The standard InChI is InChI=1S/C27H33N3O3/c1-4-5-6-14-30-26(31)24(21-10-12-23(33-3)13-11-21)25(27(30)32)29-17-15-28(16-18-29)22-9-7-8-20(2)19-22/h7-13,19H,4-6,14-18H2,1-3H3. The molecule has 2 aliphatic heterocycles. The zero-order valence-electron chi connectivity index (χ0n) is 19.8. The van der Waals surface area contributed by atoms with Crippen LogP contribution in [0, 0.1) is 6.92 Å². The molecule has 2 aromatic rings. The monoisotopic (exact) mass is 447 g/mol. The van der Waals surface area contributed by atoms with E-state index in [2.05, 4.69) is 47.9 Å². The average Bonchev–Trinajstić information content (AvgIpc) is 3.09. The van der Waals surface area contributed by atoms with Gasteiger partial charge in [-0.15, -0.1) is 0 Å². The highest BCUT2D eigenvalue weighted by Gasteiger charge is 2.41. The molecule has 0 radical (unpaired) electrons. The van der Waals surface area contributed by atoms with E-state index >= 15 is 0 Å². The predicted molar refractivity (Wildman–Crippen MR) is 131 cm³/mol. The van der Waals surface area contributed by atoms with Gasteiger partial charge in [0.05, 0.1) is 12.7 Å². The van der Waals surface area contributed by atoms with Crippen molar-refractivity contribution in [2.45, 2.75) is 33.1 Å². The van der Waals surface area contributed by atoms with E-state index in [1.807, 2.05) is 24.3 Å². The van der Waals surface area contributed by atoms with Gasteiger partial charge in [-0.2, -0.15) is 0 Å². The van der Waals surface area contributed by atoms with Gasteiger partial charge in [-0.05, 0) is 48.7 Å². The summed E-state index contributed by atoms with van der Waals surface area (Å²) in [5.41, 5.74) is 4.27. The molecular formula is C27H33N3O3. The van der Waals surface area contributed by atoms with E-state index in [1.165, 1.54) is 16.2 Å². The highest BCUT2D eigenvalue weighted by molar-refractivity contribution is 6.35. The van der Waals surface area contributed by atoms with Crippen molar-refractivity contribution in [3.63, 3.8) is 0 Å². The van der Waals surface area contributed by atoms with Gasteiger partial charge in [0.15, 0.2) is 0 Å². The minimum atomic E-state index is -0.183. The molecule has 2 heterocycles. The molecular weight excluding hydrogens is 414 g/mol. The molecule has 2 amide bonds. The number of imide groups is 1. The number of anilines is 1. The molecule has 0 aliphatic carbocycles. The molecule has 0 unspecified atom stereocenters. The second kappa shape index (κ2) is 10.1. The van der Waals surface area contributed by atoms with E-state index < -0.39 is 0 Å². The first kappa shape index (κ1) is 22.9. The highest BCUT2D eigenvalue weighted by atomic mass is 16.5. The molecule has 6 nitrogen and oxygen atoms in total. The third-order valence-electron chi connectivity index (χ3n) is 6.47. The Balaban J connectivity index is 1.60. The van der Waals surface area contributed by atoms with Crippen LogP contribution >= 0.6 is 0 Å². The van der Waals surface area contributed by atoms with Gasteiger partial charge < -0.3 is 14.5 Å². The maximum Gasteiger partial charge on any atom is 0.277 e. The first-order valence-corrected chi connectivity index (χ1v) is 11.8. The Morgan fingerprint density at radius 2 is 1.58 bits per heavy atom. The number of hydrogen-bond acceptors (Lipinski definition) is 5. The van der Waals surface area contributed by atoms with E-state index in [1.54, 1.807) is 7.11 Å². The minimum absolute atomic E-state index is 0.161. The molecule has 174 valence electrons.